The molecular formula is C15H15FN2O2. The monoisotopic (exact) mass is 274 g/mol. The molecule has 0 atom stereocenters. The summed E-state index contributed by atoms with van der Waals surface area (Å²) in [4.78, 5) is 12.9. The number of nitrogens with two attached hydrogens (primary N) is 1. The maximum atomic E-state index is 13.7. The molecule has 2 rings (SSSR count). The van der Waals surface area contributed by atoms with Gasteiger partial charge < -0.3 is 15.7 Å². The Balaban J connectivity index is 2.37. The molecule has 0 aliphatic rings. The fourth-order valence-electron chi connectivity index (χ4n) is 2.12. The van der Waals surface area contributed by atoms with E-state index in [1.165, 1.54) is 12.1 Å². The number of hydrogen-bond acceptors (Lipinski definition) is 3. The molecule has 5 heteroatoms. The van der Waals surface area contributed by atoms with E-state index in [9.17, 15) is 14.3 Å². The zero-order valence-electron chi connectivity index (χ0n) is 11.0. The van der Waals surface area contributed by atoms with Crippen LogP contribution in [0, 0.1) is 5.82 Å². The van der Waals surface area contributed by atoms with Crippen LogP contribution in [0.5, 0.6) is 0 Å². The third kappa shape index (κ3) is 2.71. The first-order valence-electron chi connectivity index (χ1n) is 6.07. The summed E-state index contributed by atoms with van der Waals surface area (Å²) < 4.78 is 13.7. The van der Waals surface area contributed by atoms with Crippen molar-refractivity contribution in [3.8, 4) is 0 Å². The maximum absolute atomic E-state index is 13.7. The van der Waals surface area contributed by atoms with Crippen LogP contribution in [0.4, 0.5) is 15.8 Å². The summed E-state index contributed by atoms with van der Waals surface area (Å²) in [5.74, 6) is -1.39. The van der Waals surface area contributed by atoms with Crippen LogP contribution in [0.15, 0.2) is 42.5 Å². The lowest BCUT2D eigenvalue weighted by Gasteiger charge is -2.23. The molecule has 20 heavy (non-hydrogen) atoms. The average molecular weight is 274 g/mol. The number of para-hydroxylation sites is 1. The first-order chi connectivity index (χ1) is 9.50. The highest BCUT2D eigenvalue weighted by atomic mass is 19.1. The molecule has 0 saturated carbocycles. The SMILES string of the molecule is CN(Cc1ccccc1F)c1c(N)cccc1C(=O)O. The number of carbonyl (C=O) groups is 1. The number of nitrogens with zero attached hydrogens (tertiary/aromatic N) is 1. The molecule has 0 radical (unpaired) electrons. The highest BCUT2D eigenvalue weighted by molar-refractivity contribution is 5.97. The van der Waals surface area contributed by atoms with Gasteiger partial charge in [-0.05, 0) is 18.2 Å². The normalized spacial score (nSPS) is 10.3. The summed E-state index contributed by atoms with van der Waals surface area (Å²) in [5, 5.41) is 9.20. The molecule has 0 spiro atoms. The standard InChI is InChI=1S/C15H15FN2O2/c1-18(9-10-5-2-3-7-12(10)16)14-11(15(19)20)6-4-8-13(14)17/h2-8H,9,17H2,1H3,(H,19,20). The molecule has 2 aromatic rings. The number of anilines is 2. The molecule has 0 saturated heterocycles. The van der Waals surface area contributed by atoms with Crippen molar-refractivity contribution in [3.05, 3.63) is 59.4 Å². The Bertz CT molecular complexity index is 644. The number of carboxylic acid groups (broad SMARTS) is 1. The van der Waals surface area contributed by atoms with Crippen molar-refractivity contribution in [2.45, 2.75) is 6.54 Å². The van der Waals surface area contributed by atoms with Crippen molar-refractivity contribution in [2.75, 3.05) is 17.7 Å². The Kier molecular flexibility index (Phi) is 3.89. The molecule has 0 aliphatic heterocycles. The second-order valence-corrected chi connectivity index (χ2v) is 4.50. The minimum atomic E-state index is -1.06. The Morgan fingerprint density at radius 3 is 2.60 bits per heavy atom. The van der Waals surface area contributed by atoms with E-state index in [1.54, 1.807) is 42.3 Å². The van der Waals surface area contributed by atoms with E-state index < -0.39 is 5.97 Å². The average Bonchev–Trinajstić information content (AvgIpc) is 2.40. The highest BCUT2D eigenvalue weighted by Crippen LogP contribution is 2.28. The predicted molar refractivity (Wildman–Crippen MR) is 76.3 cm³/mol. The first kappa shape index (κ1) is 13.9. The summed E-state index contributed by atoms with van der Waals surface area (Å²) in [5.41, 5.74) is 7.18. The molecule has 2 aromatic carbocycles. The van der Waals surface area contributed by atoms with Crippen LogP contribution in [0.3, 0.4) is 0 Å². The quantitative estimate of drug-likeness (QED) is 0.841. The van der Waals surface area contributed by atoms with Crippen LogP contribution < -0.4 is 10.6 Å². The van der Waals surface area contributed by atoms with Gasteiger partial charge in [0.25, 0.3) is 0 Å². The van der Waals surface area contributed by atoms with Gasteiger partial charge in [-0.3, -0.25) is 0 Å². The second kappa shape index (κ2) is 5.61. The number of aromatic carboxylic acids is 1. The van der Waals surface area contributed by atoms with E-state index in [4.69, 9.17) is 5.73 Å². The van der Waals surface area contributed by atoms with E-state index in [1.807, 2.05) is 0 Å². The molecule has 0 heterocycles. The van der Waals surface area contributed by atoms with Crippen LogP contribution >= 0.6 is 0 Å². The topological polar surface area (TPSA) is 66.6 Å². The third-order valence-corrected chi connectivity index (χ3v) is 3.04. The Morgan fingerprint density at radius 2 is 1.95 bits per heavy atom. The van der Waals surface area contributed by atoms with Crippen LogP contribution in [0.25, 0.3) is 0 Å². The minimum absolute atomic E-state index is 0.101. The fraction of sp³-hybridized carbons (Fsp3) is 0.133. The summed E-state index contributed by atoms with van der Waals surface area (Å²) in [6, 6.07) is 11.1. The van der Waals surface area contributed by atoms with Crippen molar-refractivity contribution in [1.29, 1.82) is 0 Å². The van der Waals surface area contributed by atoms with Gasteiger partial charge in [0.05, 0.1) is 16.9 Å². The van der Waals surface area contributed by atoms with Crippen LogP contribution in [-0.4, -0.2) is 18.1 Å². The molecule has 0 aromatic heterocycles. The molecular weight excluding hydrogens is 259 g/mol. The maximum Gasteiger partial charge on any atom is 0.337 e. The highest BCUT2D eigenvalue weighted by Gasteiger charge is 2.17. The van der Waals surface area contributed by atoms with Crippen LogP contribution in [0.2, 0.25) is 0 Å². The molecule has 0 unspecified atom stereocenters. The third-order valence-electron chi connectivity index (χ3n) is 3.04. The van der Waals surface area contributed by atoms with Crippen molar-refractivity contribution in [2.24, 2.45) is 0 Å². The van der Waals surface area contributed by atoms with Gasteiger partial charge in [0.15, 0.2) is 0 Å². The molecule has 3 N–H and O–H groups in total. The van der Waals surface area contributed by atoms with Gasteiger partial charge in [-0.1, -0.05) is 24.3 Å². The van der Waals surface area contributed by atoms with E-state index in [0.29, 0.717) is 16.9 Å². The molecule has 104 valence electrons. The molecule has 0 amide bonds. The predicted octanol–water partition coefficient (Wildman–Crippen LogP) is 2.74. The molecule has 0 aliphatic carbocycles. The van der Waals surface area contributed by atoms with Crippen LogP contribution in [0.1, 0.15) is 15.9 Å². The van der Waals surface area contributed by atoms with Crippen molar-refractivity contribution in [1.82, 2.24) is 0 Å². The number of nitrogen functional groups attached to an aromatic ring is 1. The van der Waals surface area contributed by atoms with E-state index >= 15 is 0 Å². The number of halogens is 1. The Hall–Kier alpha value is -2.56. The smallest absolute Gasteiger partial charge is 0.337 e. The summed E-state index contributed by atoms with van der Waals surface area (Å²) in [6.07, 6.45) is 0. The molecule has 0 fully saturated rings. The largest absolute Gasteiger partial charge is 0.478 e. The van der Waals surface area contributed by atoms with E-state index in [0.717, 1.165) is 0 Å². The van der Waals surface area contributed by atoms with Gasteiger partial charge in [0.1, 0.15) is 5.82 Å². The number of benzene rings is 2. The van der Waals surface area contributed by atoms with Gasteiger partial charge in [0, 0.05) is 19.2 Å². The Morgan fingerprint density at radius 1 is 1.25 bits per heavy atom. The van der Waals surface area contributed by atoms with Gasteiger partial charge in [-0.25, -0.2) is 9.18 Å². The number of hydrogen-bond donors (Lipinski definition) is 2. The van der Waals surface area contributed by atoms with Gasteiger partial charge in [-0.2, -0.15) is 0 Å². The fourth-order valence-corrected chi connectivity index (χ4v) is 2.12. The minimum Gasteiger partial charge on any atom is -0.478 e. The molecule has 0 bridgehead atoms. The van der Waals surface area contributed by atoms with Crippen molar-refractivity contribution in [3.63, 3.8) is 0 Å². The van der Waals surface area contributed by atoms with Gasteiger partial charge >= 0.3 is 5.97 Å². The second-order valence-electron chi connectivity index (χ2n) is 4.50. The molecule has 4 nitrogen and oxygen atoms in total. The summed E-state index contributed by atoms with van der Waals surface area (Å²) in [7, 11) is 1.69. The number of carboxylic acids is 1. The van der Waals surface area contributed by atoms with Crippen molar-refractivity contribution < 1.29 is 14.3 Å². The summed E-state index contributed by atoms with van der Waals surface area (Å²) in [6.45, 7) is 0.237. The number of rotatable bonds is 4. The van der Waals surface area contributed by atoms with Crippen molar-refractivity contribution >= 4 is 17.3 Å². The Labute approximate surface area is 116 Å². The zero-order valence-corrected chi connectivity index (χ0v) is 11.0. The lowest BCUT2D eigenvalue weighted by molar-refractivity contribution is 0.0697. The zero-order chi connectivity index (χ0) is 14.7. The summed E-state index contributed by atoms with van der Waals surface area (Å²) >= 11 is 0. The lowest BCUT2D eigenvalue weighted by atomic mass is 10.1. The van der Waals surface area contributed by atoms with E-state index in [-0.39, 0.29) is 17.9 Å². The lowest BCUT2D eigenvalue weighted by Crippen LogP contribution is -2.21. The van der Waals surface area contributed by atoms with Gasteiger partial charge in [0.2, 0.25) is 0 Å². The van der Waals surface area contributed by atoms with E-state index in [2.05, 4.69) is 0 Å². The van der Waals surface area contributed by atoms with Crippen LogP contribution in [-0.2, 0) is 6.54 Å². The first-order valence-corrected chi connectivity index (χ1v) is 6.07. The van der Waals surface area contributed by atoms with Gasteiger partial charge in [-0.15, -0.1) is 0 Å².